The third-order valence-electron chi connectivity index (χ3n) is 3.56. The molecule has 0 saturated heterocycles. The highest BCUT2D eigenvalue weighted by molar-refractivity contribution is 5.77. The first-order chi connectivity index (χ1) is 12.4. The summed E-state index contributed by atoms with van der Waals surface area (Å²) in [6.45, 7) is 1.94. The van der Waals surface area contributed by atoms with Gasteiger partial charge in [0.25, 0.3) is 0 Å². The second-order valence-corrected chi connectivity index (χ2v) is 5.63. The Morgan fingerprint density at radius 1 is 1.08 bits per heavy atom. The van der Waals surface area contributed by atoms with Gasteiger partial charge in [0.05, 0.1) is 18.2 Å². The number of hydrogen-bond acceptors (Lipinski definition) is 3. The normalized spacial score (nSPS) is 12.5. The topological polar surface area (TPSA) is 47.6 Å². The highest BCUT2D eigenvalue weighted by atomic mass is 19.4. The van der Waals surface area contributed by atoms with Crippen LogP contribution in [0, 0.1) is 0 Å². The number of ether oxygens (including phenoxy) is 2. The number of nitrogens with one attached hydrogen (secondary N) is 1. The number of para-hydroxylation sites is 1. The largest absolute Gasteiger partial charge is 0.491 e. The van der Waals surface area contributed by atoms with Crippen molar-refractivity contribution >= 4 is 5.91 Å². The Balaban J connectivity index is 1.72. The molecular formula is C19H20F3NO3. The number of carbonyl (C=O) groups is 1. The summed E-state index contributed by atoms with van der Waals surface area (Å²) >= 11 is 0. The number of halogens is 3. The number of rotatable bonds is 8. The Hall–Kier alpha value is -2.54. The lowest BCUT2D eigenvalue weighted by atomic mass is 10.0. The molecule has 2 aromatic rings. The molecule has 0 fully saturated rings. The van der Waals surface area contributed by atoms with Crippen LogP contribution < -0.4 is 10.1 Å². The second-order valence-electron chi connectivity index (χ2n) is 5.63. The van der Waals surface area contributed by atoms with E-state index >= 15 is 0 Å². The molecule has 26 heavy (non-hydrogen) atoms. The number of carbonyl (C=O) groups excluding carboxylic acids is 1. The predicted octanol–water partition coefficient (Wildman–Crippen LogP) is 3.98. The van der Waals surface area contributed by atoms with Crippen molar-refractivity contribution in [2.45, 2.75) is 19.1 Å². The van der Waals surface area contributed by atoms with Crippen LogP contribution in [0.1, 0.15) is 24.1 Å². The zero-order valence-electron chi connectivity index (χ0n) is 14.3. The third-order valence-corrected chi connectivity index (χ3v) is 3.56. The molecular weight excluding hydrogens is 347 g/mol. The van der Waals surface area contributed by atoms with E-state index in [0.29, 0.717) is 17.9 Å². The molecule has 2 aromatic carbocycles. The minimum atomic E-state index is -4.42. The second kappa shape index (κ2) is 9.24. The van der Waals surface area contributed by atoms with Crippen LogP contribution in [-0.4, -0.2) is 25.7 Å². The summed E-state index contributed by atoms with van der Waals surface area (Å²) in [5.74, 6) is 0.299. The van der Waals surface area contributed by atoms with Gasteiger partial charge in [-0.15, -0.1) is 0 Å². The van der Waals surface area contributed by atoms with Crippen LogP contribution in [0.2, 0.25) is 0 Å². The smallest absolute Gasteiger partial charge is 0.416 e. The highest BCUT2D eigenvalue weighted by Crippen LogP contribution is 2.30. The molecule has 0 aromatic heterocycles. The fourth-order valence-electron chi connectivity index (χ4n) is 2.25. The van der Waals surface area contributed by atoms with Crippen molar-refractivity contribution in [1.82, 2.24) is 5.32 Å². The maximum absolute atomic E-state index is 12.7. The molecule has 0 aliphatic rings. The Bertz CT molecular complexity index is 705. The quantitative estimate of drug-likeness (QED) is 0.718. The Morgan fingerprint density at radius 3 is 2.50 bits per heavy atom. The van der Waals surface area contributed by atoms with Crippen LogP contribution in [-0.2, 0) is 15.7 Å². The van der Waals surface area contributed by atoms with Crippen molar-refractivity contribution < 1.29 is 27.4 Å². The van der Waals surface area contributed by atoms with Gasteiger partial charge < -0.3 is 14.8 Å². The minimum absolute atomic E-state index is 0.193. The monoisotopic (exact) mass is 367 g/mol. The van der Waals surface area contributed by atoms with Gasteiger partial charge in [-0.05, 0) is 36.8 Å². The SMILES string of the molecule is C[C@H](NC(=O)COCCOc1ccccc1)c1cccc(C(F)(F)F)c1. The van der Waals surface area contributed by atoms with Gasteiger partial charge in [0, 0.05) is 0 Å². The minimum Gasteiger partial charge on any atom is -0.491 e. The maximum Gasteiger partial charge on any atom is 0.416 e. The van der Waals surface area contributed by atoms with E-state index in [-0.39, 0.29) is 13.2 Å². The van der Waals surface area contributed by atoms with Gasteiger partial charge in [-0.1, -0.05) is 30.3 Å². The molecule has 2 rings (SSSR count). The van der Waals surface area contributed by atoms with Gasteiger partial charge in [0.15, 0.2) is 0 Å². The highest BCUT2D eigenvalue weighted by Gasteiger charge is 2.30. The summed E-state index contributed by atoms with van der Waals surface area (Å²) in [6.07, 6.45) is -4.42. The molecule has 1 N–H and O–H groups in total. The lowest BCUT2D eigenvalue weighted by Gasteiger charge is -2.16. The van der Waals surface area contributed by atoms with Gasteiger partial charge in [-0.2, -0.15) is 13.2 Å². The van der Waals surface area contributed by atoms with Crippen LogP contribution >= 0.6 is 0 Å². The molecule has 1 atom stereocenters. The Morgan fingerprint density at radius 2 is 1.81 bits per heavy atom. The van der Waals surface area contributed by atoms with Gasteiger partial charge in [0.2, 0.25) is 5.91 Å². The molecule has 140 valence electrons. The van der Waals surface area contributed by atoms with Crippen LogP contribution in [0.5, 0.6) is 5.75 Å². The Kier molecular flexibility index (Phi) is 7.03. The summed E-state index contributed by atoms with van der Waals surface area (Å²) in [4.78, 5) is 11.8. The first kappa shape index (κ1) is 19.8. The Labute approximate surface area is 149 Å². The predicted molar refractivity (Wildman–Crippen MR) is 90.8 cm³/mol. The summed E-state index contributed by atoms with van der Waals surface area (Å²) in [5.41, 5.74) is -0.369. The summed E-state index contributed by atoms with van der Waals surface area (Å²) in [5, 5.41) is 2.61. The van der Waals surface area contributed by atoms with E-state index in [1.807, 2.05) is 30.3 Å². The molecule has 1 amide bonds. The van der Waals surface area contributed by atoms with Crippen molar-refractivity contribution in [1.29, 1.82) is 0 Å². The van der Waals surface area contributed by atoms with E-state index in [2.05, 4.69) is 5.32 Å². The van der Waals surface area contributed by atoms with Crippen molar-refractivity contribution in [2.24, 2.45) is 0 Å². The lowest BCUT2D eigenvalue weighted by molar-refractivity contribution is -0.137. The summed E-state index contributed by atoms with van der Waals surface area (Å²) in [7, 11) is 0. The molecule has 0 unspecified atom stereocenters. The van der Waals surface area contributed by atoms with Crippen LogP contribution in [0.3, 0.4) is 0 Å². The molecule has 0 aliphatic heterocycles. The van der Waals surface area contributed by atoms with Gasteiger partial charge in [0.1, 0.15) is 19.0 Å². The number of alkyl halides is 3. The first-order valence-corrected chi connectivity index (χ1v) is 8.08. The van der Waals surface area contributed by atoms with Gasteiger partial charge in [-0.25, -0.2) is 0 Å². The van der Waals surface area contributed by atoms with Crippen molar-refractivity contribution in [3.8, 4) is 5.75 Å². The zero-order chi connectivity index (χ0) is 19.0. The van der Waals surface area contributed by atoms with E-state index in [9.17, 15) is 18.0 Å². The molecule has 0 aliphatic carbocycles. The van der Waals surface area contributed by atoms with E-state index in [0.717, 1.165) is 12.1 Å². The fourth-order valence-corrected chi connectivity index (χ4v) is 2.25. The van der Waals surface area contributed by atoms with Crippen LogP contribution in [0.15, 0.2) is 54.6 Å². The van der Waals surface area contributed by atoms with Gasteiger partial charge in [-0.3, -0.25) is 4.79 Å². The fraction of sp³-hybridized carbons (Fsp3) is 0.316. The molecule has 0 bridgehead atoms. The van der Waals surface area contributed by atoms with E-state index < -0.39 is 23.7 Å². The number of amides is 1. The maximum atomic E-state index is 12.7. The average molecular weight is 367 g/mol. The standard InChI is InChI=1S/C19H20F3NO3/c1-14(15-6-5-7-16(12-15)19(20,21)22)23-18(24)13-25-10-11-26-17-8-3-2-4-9-17/h2-9,12,14H,10-11,13H2,1H3,(H,23,24)/t14-/m0/s1. The molecule has 0 radical (unpaired) electrons. The van der Waals surface area contributed by atoms with E-state index in [1.165, 1.54) is 12.1 Å². The molecule has 0 saturated carbocycles. The molecule has 7 heteroatoms. The van der Waals surface area contributed by atoms with E-state index in [1.54, 1.807) is 6.92 Å². The summed E-state index contributed by atoms with van der Waals surface area (Å²) < 4.78 is 48.8. The third kappa shape index (κ3) is 6.40. The van der Waals surface area contributed by atoms with Crippen molar-refractivity contribution in [2.75, 3.05) is 19.8 Å². The molecule has 0 spiro atoms. The number of hydrogen-bond donors (Lipinski definition) is 1. The van der Waals surface area contributed by atoms with E-state index in [4.69, 9.17) is 9.47 Å². The lowest BCUT2D eigenvalue weighted by Crippen LogP contribution is -2.30. The summed E-state index contributed by atoms with van der Waals surface area (Å²) in [6, 6.07) is 13.5. The molecule has 4 nitrogen and oxygen atoms in total. The van der Waals surface area contributed by atoms with Crippen LogP contribution in [0.4, 0.5) is 13.2 Å². The number of benzene rings is 2. The molecule has 0 heterocycles. The average Bonchev–Trinajstić information content (AvgIpc) is 2.61. The van der Waals surface area contributed by atoms with Crippen molar-refractivity contribution in [3.63, 3.8) is 0 Å². The van der Waals surface area contributed by atoms with Crippen molar-refractivity contribution in [3.05, 3.63) is 65.7 Å². The zero-order valence-corrected chi connectivity index (χ0v) is 14.3. The first-order valence-electron chi connectivity index (χ1n) is 8.08. The van der Waals surface area contributed by atoms with Gasteiger partial charge >= 0.3 is 6.18 Å². The van der Waals surface area contributed by atoms with Crippen LogP contribution in [0.25, 0.3) is 0 Å².